The van der Waals surface area contributed by atoms with Gasteiger partial charge in [-0.1, -0.05) is 18.2 Å². The second-order valence-electron chi connectivity index (χ2n) is 8.67. The Morgan fingerprint density at radius 2 is 1.51 bits per heavy atom. The third-order valence-corrected chi connectivity index (χ3v) is 5.49. The molecule has 10 nitrogen and oxygen atoms in total. The highest BCUT2D eigenvalue weighted by Crippen LogP contribution is 2.17. The highest BCUT2D eigenvalue weighted by atomic mass is 19.1. The first-order valence-electron chi connectivity index (χ1n) is 11.6. The number of carboxylic acid groups (broad SMARTS) is 3. The van der Waals surface area contributed by atoms with Crippen molar-refractivity contribution in [3.05, 3.63) is 89.8 Å². The van der Waals surface area contributed by atoms with Gasteiger partial charge in [0.25, 0.3) is 0 Å². The number of carboxylic acids is 3. The molecule has 0 bridgehead atoms. The fourth-order valence-electron chi connectivity index (χ4n) is 3.60. The SMILES string of the molecule is Fc1ccc(F)c(CN(CCCn2ccnc2)Cc2ccccc2F)c1.O=C(O)CC(O)(CC(=O)O)C(=O)O. The second-order valence-corrected chi connectivity index (χ2v) is 8.67. The minimum atomic E-state index is -2.74. The van der Waals surface area contributed by atoms with E-state index in [0.717, 1.165) is 25.1 Å². The van der Waals surface area contributed by atoms with Crippen molar-refractivity contribution in [2.75, 3.05) is 6.54 Å². The molecule has 0 saturated carbocycles. The summed E-state index contributed by atoms with van der Waals surface area (Å²) in [5.41, 5.74) is -1.94. The minimum Gasteiger partial charge on any atom is -0.481 e. The molecule has 0 spiro atoms. The molecule has 0 amide bonds. The molecule has 4 N–H and O–H groups in total. The first-order chi connectivity index (χ1) is 18.4. The maximum Gasteiger partial charge on any atom is 0.336 e. The lowest BCUT2D eigenvalue weighted by Gasteiger charge is -2.23. The van der Waals surface area contributed by atoms with E-state index in [1.807, 2.05) is 15.7 Å². The summed E-state index contributed by atoms with van der Waals surface area (Å²) in [6, 6.07) is 9.93. The van der Waals surface area contributed by atoms with Gasteiger partial charge >= 0.3 is 17.9 Å². The molecule has 0 fully saturated rings. The van der Waals surface area contributed by atoms with Crippen LogP contribution in [0, 0.1) is 17.5 Å². The van der Waals surface area contributed by atoms with E-state index in [1.54, 1.807) is 30.7 Å². The normalized spacial score (nSPS) is 11.1. The van der Waals surface area contributed by atoms with Gasteiger partial charge in [0.05, 0.1) is 19.2 Å². The summed E-state index contributed by atoms with van der Waals surface area (Å²) >= 11 is 0. The van der Waals surface area contributed by atoms with Crippen molar-refractivity contribution in [2.45, 2.75) is 44.5 Å². The number of aliphatic carboxylic acids is 3. The Hall–Kier alpha value is -4.23. The summed E-state index contributed by atoms with van der Waals surface area (Å²) in [5, 5.41) is 33.8. The van der Waals surface area contributed by atoms with Gasteiger partial charge < -0.3 is 25.0 Å². The monoisotopic (exact) mass is 551 g/mol. The molecule has 39 heavy (non-hydrogen) atoms. The molecule has 0 aliphatic heterocycles. The van der Waals surface area contributed by atoms with Gasteiger partial charge in [-0.3, -0.25) is 14.5 Å². The van der Waals surface area contributed by atoms with Crippen molar-refractivity contribution in [3.8, 4) is 0 Å². The molecule has 0 aliphatic rings. The van der Waals surface area contributed by atoms with Gasteiger partial charge in [-0.25, -0.2) is 22.9 Å². The number of aliphatic hydroxyl groups is 1. The lowest BCUT2D eigenvalue weighted by molar-refractivity contribution is -0.170. The summed E-state index contributed by atoms with van der Waals surface area (Å²) in [7, 11) is 0. The van der Waals surface area contributed by atoms with Gasteiger partial charge in [-0.2, -0.15) is 0 Å². The van der Waals surface area contributed by atoms with Crippen molar-refractivity contribution in [3.63, 3.8) is 0 Å². The summed E-state index contributed by atoms with van der Waals surface area (Å²) in [5.74, 6) is -6.26. The quantitative estimate of drug-likeness (QED) is 0.251. The standard InChI is InChI=1S/C20H20F3N3.C6H8O7/c21-18-6-7-20(23)17(12-18)14-26(10-3-9-25-11-8-24-15-25)13-16-4-1-2-5-19(16)22;7-3(8)1-6(13,5(11)12)2-4(9)10/h1-2,4-8,11-12,15H,3,9-10,13-14H2;13H,1-2H2,(H,7,8)(H,9,10)(H,11,12). The highest BCUT2D eigenvalue weighted by Gasteiger charge is 2.40. The van der Waals surface area contributed by atoms with Crippen molar-refractivity contribution in [1.29, 1.82) is 0 Å². The number of benzene rings is 2. The molecule has 1 heterocycles. The molecule has 3 rings (SSSR count). The number of aryl methyl sites for hydroxylation is 1. The van der Waals surface area contributed by atoms with E-state index in [0.29, 0.717) is 18.7 Å². The third kappa shape index (κ3) is 10.6. The molecule has 2 aromatic carbocycles. The van der Waals surface area contributed by atoms with Crippen LogP contribution in [0.1, 0.15) is 30.4 Å². The van der Waals surface area contributed by atoms with E-state index in [2.05, 4.69) is 4.98 Å². The number of halogens is 3. The zero-order valence-electron chi connectivity index (χ0n) is 20.7. The Labute approximate surface area is 221 Å². The maximum atomic E-state index is 14.0. The molecule has 0 aliphatic carbocycles. The van der Waals surface area contributed by atoms with Crippen molar-refractivity contribution < 1.29 is 48.0 Å². The molecule has 0 unspecified atom stereocenters. The van der Waals surface area contributed by atoms with Gasteiger partial charge in [-0.15, -0.1) is 0 Å². The number of rotatable bonds is 13. The van der Waals surface area contributed by atoms with E-state index in [-0.39, 0.29) is 17.9 Å². The Morgan fingerprint density at radius 3 is 2.08 bits per heavy atom. The summed E-state index contributed by atoms with van der Waals surface area (Å²) in [6.45, 7) is 1.90. The topological polar surface area (TPSA) is 153 Å². The molecular weight excluding hydrogens is 523 g/mol. The van der Waals surface area contributed by atoms with E-state index < -0.39 is 48.0 Å². The zero-order valence-corrected chi connectivity index (χ0v) is 20.7. The van der Waals surface area contributed by atoms with Crippen molar-refractivity contribution in [1.82, 2.24) is 14.5 Å². The lowest BCUT2D eigenvalue weighted by atomic mass is 9.96. The Morgan fingerprint density at radius 1 is 0.897 bits per heavy atom. The minimum absolute atomic E-state index is 0.210. The van der Waals surface area contributed by atoms with Crippen molar-refractivity contribution >= 4 is 17.9 Å². The average molecular weight is 552 g/mol. The van der Waals surface area contributed by atoms with Gasteiger partial charge in [0, 0.05) is 49.7 Å². The molecular formula is C26H28F3N3O7. The fourth-order valence-corrected chi connectivity index (χ4v) is 3.60. The van der Waals surface area contributed by atoms with Crippen LogP contribution in [0.3, 0.4) is 0 Å². The number of imidazole rings is 1. The first-order valence-corrected chi connectivity index (χ1v) is 11.6. The number of carbonyl (C=O) groups is 3. The smallest absolute Gasteiger partial charge is 0.336 e. The van der Waals surface area contributed by atoms with Crippen LogP contribution in [0.4, 0.5) is 13.2 Å². The van der Waals surface area contributed by atoms with E-state index in [1.165, 1.54) is 12.1 Å². The Bertz CT molecular complexity index is 1240. The Balaban J connectivity index is 0.000000349. The van der Waals surface area contributed by atoms with Crippen LogP contribution in [0.15, 0.2) is 61.2 Å². The van der Waals surface area contributed by atoms with Crippen LogP contribution in [0.25, 0.3) is 0 Å². The predicted molar refractivity (Wildman–Crippen MR) is 131 cm³/mol. The summed E-state index contributed by atoms with van der Waals surface area (Å²) in [6.07, 6.45) is 3.80. The van der Waals surface area contributed by atoms with Crippen LogP contribution >= 0.6 is 0 Å². The average Bonchev–Trinajstić information content (AvgIpc) is 3.35. The van der Waals surface area contributed by atoms with Gasteiger partial charge in [0.1, 0.15) is 17.5 Å². The molecule has 210 valence electrons. The lowest BCUT2D eigenvalue weighted by Crippen LogP contribution is -2.42. The molecule has 0 atom stereocenters. The molecule has 3 aromatic rings. The molecule has 0 saturated heterocycles. The van der Waals surface area contributed by atoms with E-state index in [9.17, 15) is 27.6 Å². The van der Waals surface area contributed by atoms with Crippen LogP contribution in [0.2, 0.25) is 0 Å². The molecule has 0 radical (unpaired) electrons. The largest absolute Gasteiger partial charge is 0.481 e. The summed E-state index contributed by atoms with van der Waals surface area (Å²) in [4.78, 5) is 36.4. The number of nitrogens with zero attached hydrogens (tertiary/aromatic N) is 3. The zero-order chi connectivity index (χ0) is 29.0. The van der Waals surface area contributed by atoms with Gasteiger partial charge in [0.15, 0.2) is 5.60 Å². The van der Waals surface area contributed by atoms with Crippen molar-refractivity contribution in [2.24, 2.45) is 0 Å². The molecule has 13 heteroatoms. The predicted octanol–water partition coefficient (Wildman–Crippen LogP) is 3.14. The van der Waals surface area contributed by atoms with Crippen LogP contribution in [0.5, 0.6) is 0 Å². The third-order valence-electron chi connectivity index (χ3n) is 5.49. The van der Waals surface area contributed by atoms with Crippen LogP contribution in [-0.2, 0) is 34.0 Å². The van der Waals surface area contributed by atoms with Crippen LogP contribution in [-0.4, -0.2) is 64.9 Å². The van der Waals surface area contributed by atoms with Crippen LogP contribution < -0.4 is 0 Å². The number of hydrogen-bond donors (Lipinski definition) is 4. The maximum absolute atomic E-state index is 14.0. The van der Waals surface area contributed by atoms with E-state index >= 15 is 0 Å². The van der Waals surface area contributed by atoms with E-state index in [4.69, 9.17) is 20.4 Å². The summed E-state index contributed by atoms with van der Waals surface area (Å²) < 4.78 is 43.4. The Kier molecular flexibility index (Phi) is 11.6. The molecule has 1 aromatic heterocycles. The highest BCUT2D eigenvalue weighted by molar-refractivity contribution is 5.88. The first kappa shape index (κ1) is 31.0. The second kappa shape index (κ2) is 14.6. The fraction of sp³-hybridized carbons (Fsp3) is 0.308. The van der Waals surface area contributed by atoms with Gasteiger partial charge in [-0.05, 0) is 30.7 Å². The number of hydrogen-bond acceptors (Lipinski definition) is 6. The van der Waals surface area contributed by atoms with Gasteiger partial charge in [0.2, 0.25) is 0 Å². The number of aromatic nitrogens is 2.